The van der Waals surface area contributed by atoms with Gasteiger partial charge in [0.05, 0.1) is 5.39 Å². The summed E-state index contributed by atoms with van der Waals surface area (Å²) in [5, 5.41) is 13.9. The summed E-state index contributed by atoms with van der Waals surface area (Å²) < 4.78 is 0. The lowest BCUT2D eigenvalue weighted by molar-refractivity contribution is 0.262. The third-order valence-corrected chi connectivity index (χ3v) is 6.57. The van der Waals surface area contributed by atoms with E-state index in [0.29, 0.717) is 12.6 Å². The van der Waals surface area contributed by atoms with Crippen LogP contribution < -0.4 is 10.2 Å². The second-order valence-corrected chi connectivity index (χ2v) is 8.36. The number of fused-ring (bicyclic) bond motifs is 1. The van der Waals surface area contributed by atoms with Gasteiger partial charge in [0.25, 0.3) is 0 Å². The van der Waals surface area contributed by atoms with Crippen LogP contribution >= 0.6 is 11.3 Å². The van der Waals surface area contributed by atoms with Crippen LogP contribution in [-0.2, 0) is 13.0 Å². The number of nitrogens with zero attached hydrogens (tertiary/aromatic N) is 4. The van der Waals surface area contributed by atoms with E-state index >= 15 is 0 Å². The molecule has 4 rings (SSSR count). The van der Waals surface area contributed by atoms with E-state index in [4.69, 9.17) is 4.98 Å². The molecule has 0 radical (unpaired) electrons. The maximum absolute atomic E-state index is 9.33. The van der Waals surface area contributed by atoms with Gasteiger partial charge in [-0.25, -0.2) is 15.0 Å². The van der Waals surface area contributed by atoms with E-state index in [9.17, 15) is 5.11 Å². The fourth-order valence-electron chi connectivity index (χ4n) is 3.85. The maximum Gasteiger partial charge on any atom is 0.138 e. The van der Waals surface area contributed by atoms with Crippen LogP contribution in [0, 0.1) is 0 Å². The number of nitrogens with one attached hydrogen (secondary N) is 1. The summed E-state index contributed by atoms with van der Waals surface area (Å²) in [5.74, 6) is 1.89. The van der Waals surface area contributed by atoms with E-state index in [1.807, 2.05) is 6.20 Å². The largest absolute Gasteiger partial charge is 0.396 e. The van der Waals surface area contributed by atoms with Crippen LogP contribution in [0.1, 0.15) is 43.0 Å². The minimum Gasteiger partial charge on any atom is -0.396 e. The molecule has 0 aliphatic carbocycles. The van der Waals surface area contributed by atoms with Crippen molar-refractivity contribution in [2.45, 2.75) is 51.6 Å². The highest BCUT2D eigenvalue weighted by atomic mass is 32.1. The Balaban J connectivity index is 1.44. The van der Waals surface area contributed by atoms with Gasteiger partial charge in [0.15, 0.2) is 0 Å². The standard InChI is InChI=1S/C21H27N5OS/c1-2-17-11-18-20(24-14-25-21(18)28-17)23-13-15-6-7-19(22-12-15)26-9-4-3-5-16(26)8-10-27/h6-7,11-12,14,16,27H,2-5,8-10,13H2,1H3,(H,23,24,25)/t16-/m0/s1. The van der Waals surface area contributed by atoms with Crippen molar-refractivity contribution >= 4 is 33.2 Å². The van der Waals surface area contributed by atoms with E-state index in [0.717, 1.165) is 53.2 Å². The molecule has 0 spiro atoms. The molecule has 1 fully saturated rings. The number of aryl methyl sites for hydroxylation is 1. The van der Waals surface area contributed by atoms with Crippen molar-refractivity contribution in [3.05, 3.63) is 41.2 Å². The Kier molecular flexibility index (Phi) is 6.02. The monoisotopic (exact) mass is 397 g/mol. The highest BCUT2D eigenvalue weighted by Gasteiger charge is 2.22. The van der Waals surface area contributed by atoms with Crippen LogP contribution in [0.15, 0.2) is 30.7 Å². The lowest BCUT2D eigenvalue weighted by atomic mass is 9.99. The number of aliphatic hydroxyl groups is 1. The summed E-state index contributed by atoms with van der Waals surface area (Å²) in [5.41, 5.74) is 1.12. The van der Waals surface area contributed by atoms with Crippen LogP contribution in [0.2, 0.25) is 0 Å². The molecular weight excluding hydrogens is 370 g/mol. The van der Waals surface area contributed by atoms with Gasteiger partial charge in [-0.15, -0.1) is 11.3 Å². The molecular formula is C21H27N5OS. The lowest BCUT2D eigenvalue weighted by Gasteiger charge is -2.36. The molecule has 0 bridgehead atoms. The van der Waals surface area contributed by atoms with Gasteiger partial charge in [0, 0.05) is 36.8 Å². The van der Waals surface area contributed by atoms with Crippen LogP contribution in [0.5, 0.6) is 0 Å². The Bertz CT molecular complexity index is 909. The minimum atomic E-state index is 0.235. The molecule has 4 heterocycles. The smallest absolute Gasteiger partial charge is 0.138 e. The minimum absolute atomic E-state index is 0.235. The van der Waals surface area contributed by atoms with Crippen molar-refractivity contribution in [2.24, 2.45) is 0 Å². The Morgan fingerprint density at radius 2 is 2.18 bits per heavy atom. The molecule has 1 aliphatic rings. The zero-order chi connectivity index (χ0) is 19.3. The van der Waals surface area contributed by atoms with Crippen molar-refractivity contribution in [3.63, 3.8) is 0 Å². The predicted octanol–water partition coefficient (Wildman–Crippen LogP) is 4.00. The quantitative estimate of drug-likeness (QED) is 0.628. The van der Waals surface area contributed by atoms with Crippen molar-refractivity contribution < 1.29 is 5.11 Å². The van der Waals surface area contributed by atoms with Gasteiger partial charge in [0.1, 0.15) is 22.8 Å². The van der Waals surface area contributed by atoms with Gasteiger partial charge in [-0.3, -0.25) is 0 Å². The van der Waals surface area contributed by atoms with Crippen molar-refractivity contribution in [1.82, 2.24) is 15.0 Å². The number of aliphatic hydroxyl groups excluding tert-OH is 1. The Hall–Kier alpha value is -2.25. The third-order valence-electron chi connectivity index (χ3n) is 5.38. The first kappa shape index (κ1) is 19.1. The van der Waals surface area contributed by atoms with Gasteiger partial charge in [-0.05, 0) is 49.8 Å². The van der Waals surface area contributed by atoms with Gasteiger partial charge < -0.3 is 15.3 Å². The molecule has 1 atom stereocenters. The van der Waals surface area contributed by atoms with Crippen LogP contribution in [0.4, 0.5) is 11.6 Å². The van der Waals surface area contributed by atoms with Gasteiger partial charge in [-0.2, -0.15) is 0 Å². The number of hydrogen-bond donors (Lipinski definition) is 2. The molecule has 2 N–H and O–H groups in total. The SMILES string of the molecule is CCc1cc2c(NCc3ccc(N4CCCC[C@H]4CCO)nc3)ncnc2s1. The Morgan fingerprint density at radius 3 is 2.96 bits per heavy atom. The first-order valence-electron chi connectivity index (χ1n) is 10.1. The Morgan fingerprint density at radius 1 is 1.25 bits per heavy atom. The van der Waals surface area contributed by atoms with Crippen LogP contribution in [0.3, 0.4) is 0 Å². The highest BCUT2D eigenvalue weighted by molar-refractivity contribution is 7.18. The number of thiophene rings is 1. The average Bonchev–Trinajstić information content (AvgIpc) is 3.17. The molecule has 0 aromatic carbocycles. The summed E-state index contributed by atoms with van der Waals surface area (Å²) in [6.45, 7) is 4.09. The number of pyridine rings is 1. The normalized spacial score (nSPS) is 17.2. The highest BCUT2D eigenvalue weighted by Crippen LogP contribution is 2.29. The average molecular weight is 398 g/mol. The van der Waals surface area contributed by atoms with E-state index in [1.165, 1.54) is 17.7 Å². The predicted molar refractivity (Wildman–Crippen MR) is 115 cm³/mol. The topological polar surface area (TPSA) is 74.2 Å². The summed E-state index contributed by atoms with van der Waals surface area (Å²) in [7, 11) is 0. The first-order valence-corrected chi connectivity index (χ1v) is 10.9. The van der Waals surface area contributed by atoms with E-state index < -0.39 is 0 Å². The number of anilines is 2. The van der Waals surface area contributed by atoms with E-state index in [-0.39, 0.29) is 6.61 Å². The summed E-state index contributed by atoms with van der Waals surface area (Å²) >= 11 is 1.73. The van der Waals surface area contributed by atoms with Crippen molar-refractivity contribution in [2.75, 3.05) is 23.4 Å². The molecule has 1 aliphatic heterocycles. The molecule has 0 saturated carbocycles. The number of hydrogen-bond acceptors (Lipinski definition) is 7. The fraction of sp³-hybridized carbons (Fsp3) is 0.476. The fourth-order valence-corrected chi connectivity index (χ4v) is 4.78. The molecule has 148 valence electrons. The van der Waals surface area contributed by atoms with E-state index in [2.05, 4.69) is 45.3 Å². The summed E-state index contributed by atoms with van der Waals surface area (Å²) in [6.07, 6.45) is 8.95. The second-order valence-electron chi connectivity index (χ2n) is 7.24. The molecule has 0 amide bonds. The molecule has 28 heavy (non-hydrogen) atoms. The zero-order valence-electron chi connectivity index (χ0n) is 16.3. The maximum atomic E-state index is 9.33. The number of rotatable bonds is 7. The zero-order valence-corrected chi connectivity index (χ0v) is 17.1. The molecule has 3 aromatic rings. The second kappa shape index (κ2) is 8.84. The van der Waals surface area contributed by atoms with Crippen LogP contribution in [0.25, 0.3) is 10.2 Å². The summed E-state index contributed by atoms with van der Waals surface area (Å²) in [6, 6.07) is 6.81. The molecule has 7 heteroatoms. The molecule has 6 nitrogen and oxygen atoms in total. The lowest BCUT2D eigenvalue weighted by Crippen LogP contribution is -2.40. The summed E-state index contributed by atoms with van der Waals surface area (Å²) in [4.78, 5) is 18.2. The Labute approximate surface area is 169 Å². The molecule has 3 aromatic heterocycles. The molecule has 0 unspecified atom stereocenters. The van der Waals surface area contributed by atoms with Crippen LogP contribution in [-0.4, -0.2) is 39.3 Å². The van der Waals surface area contributed by atoms with E-state index in [1.54, 1.807) is 17.7 Å². The van der Waals surface area contributed by atoms with Crippen molar-refractivity contribution in [3.8, 4) is 0 Å². The molecule has 1 saturated heterocycles. The number of piperidine rings is 1. The van der Waals surface area contributed by atoms with Gasteiger partial charge in [-0.1, -0.05) is 13.0 Å². The van der Waals surface area contributed by atoms with Crippen molar-refractivity contribution in [1.29, 1.82) is 0 Å². The first-order chi connectivity index (χ1) is 13.8. The number of aromatic nitrogens is 3. The van der Waals surface area contributed by atoms with Gasteiger partial charge in [0.2, 0.25) is 0 Å². The van der Waals surface area contributed by atoms with Gasteiger partial charge >= 0.3 is 0 Å². The third kappa shape index (κ3) is 4.10.